The zero-order chi connectivity index (χ0) is 13.3. The summed E-state index contributed by atoms with van der Waals surface area (Å²) in [5, 5.41) is 19.7. The van der Waals surface area contributed by atoms with E-state index in [-0.39, 0.29) is 6.10 Å². The molecule has 18 heavy (non-hydrogen) atoms. The largest absolute Gasteiger partial charge is 0.393 e. The Balaban J connectivity index is 2.13. The first-order chi connectivity index (χ1) is 8.49. The molecule has 0 aliphatic carbocycles. The number of aliphatic hydroxyl groups is 2. The number of nitrogens with zero attached hydrogens (tertiary/aromatic N) is 1. The lowest BCUT2D eigenvalue weighted by Gasteiger charge is -2.21. The van der Waals surface area contributed by atoms with E-state index in [9.17, 15) is 10.2 Å². The van der Waals surface area contributed by atoms with Crippen LogP contribution in [-0.4, -0.2) is 29.4 Å². The maximum absolute atomic E-state index is 9.60. The topological polar surface area (TPSA) is 43.7 Å². The fraction of sp³-hybridized carbons (Fsp3) is 0.571. The van der Waals surface area contributed by atoms with Gasteiger partial charge >= 0.3 is 0 Å². The lowest BCUT2D eigenvalue weighted by molar-refractivity contribution is 0.136. The molecule has 0 spiro atoms. The Morgan fingerprint density at radius 3 is 2.56 bits per heavy atom. The minimum atomic E-state index is -0.546. The van der Waals surface area contributed by atoms with Gasteiger partial charge in [0.2, 0.25) is 0 Å². The fourth-order valence-corrected chi connectivity index (χ4v) is 2.80. The molecule has 1 fully saturated rings. The summed E-state index contributed by atoms with van der Waals surface area (Å²) in [6.07, 6.45) is 0.200. The summed E-state index contributed by atoms with van der Waals surface area (Å²) >= 11 is 6.17. The number of benzene rings is 1. The third-order valence-electron chi connectivity index (χ3n) is 3.71. The molecule has 100 valence electrons. The van der Waals surface area contributed by atoms with Crippen LogP contribution < -0.4 is 4.90 Å². The standard InChI is InChI=1S/C14H20ClNO2/c1-9(17)11-5-6-16(8-11)12-3-4-13(10(2)18)14(15)7-12/h3-4,7,9-11,17-18H,5-6,8H2,1-2H3. The number of hydrogen-bond acceptors (Lipinski definition) is 3. The van der Waals surface area contributed by atoms with E-state index in [2.05, 4.69) is 4.90 Å². The highest BCUT2D eigenvalue weighted by Gasteiger charge is 2.26. The number of rotatable bonds is 3. The van der Waals surface area contributed by atoms with E-state index >= 15 is 0 Å². The van der Waals surface area contributed by atoms with Crippen molar-refractivity contribution in [2.24, 2.45) is 5.92 Å². The van der Waals surface area contributed by atoms with Gasteiger partial charge in [0.1, 0.15) is 0 Å². The van der Waals surface area contributed by atoms with E-state index in [1.807, 2.05) is 25.1 Å². The van der Waals surface area contributed by atoms with Crippen molar-refractivity contribution in [3.63, 3.8) is 0 Å². The number of halogens is 1. The summed E-state index contributed by atoms with van der Waals surface area (Å²) in [5.74, 6) is 0.334. The first-order valence-electron chi connectivity index (χ1n) is 6.39. The summed E-state index contributed by atoms with van der Waals surface area (Å²) < 4.78 is 0. The first-order valence-corrected chi connectivity index (χ1v) is 6.77. The Morgan fingerprint density at radius 1 is 1.33 bits per heavy atom. The second kappa shape index (κ2) is 5.47. The van der Waals surface area contributed by atoms with Crippen molar-refractivity contribution in [1.29, 1.82) is 0 Å². The molecule has 1 aliphatic rings. The molecule has 1 aromatic rings. The molecule has 1 aromatic carbocycles. The molecule has 0 radical (unpaired) electrons. The van der Waals surface area contributed by atoms with Gasteiger partial charge in [-0.2, -0.15) is 0 Å². The first kappa shape index (κ1) is 13.7. The zero-order valence-corrected chi connectivity index (χ0v) is 11.6. The highest BCUT2D eigenvalue weighted by Crippen LogP contribution is 2.31. The van der Waals surface area contributed by atoms with Gasteiger partial charge in [-0.1, -0.05) is 17.7 Å². The van der Waals surface area contributed by atoms with Crippen LogP contribution in [-0.2, 0) is 0 Å². The number of anilines is 1. The Bertz CT molecular complexity index is 420. The molecule has 3 unspecified atom stereocenters. The molecule has 0 saturated carbocycles. The SMILES string of the molecule is CC(O)c1ccc(N2CCC(C(C)O)C2)cc1Cl. The molecular weight excluding hydrogens is 250 g/mol. The van der Waals surface area contributed by atoms with E-state index < -0.39 is 6.10 Å². The van der Waals surface area contributed by atoms with Crippen LogP contribution >= 0.6 is 11.6 Å². The van der Waals surface area contributed by atoms with Crippen LogP contribution in [0.3, 0.4) is 0 Å². The quantitative estimate of drug-likeness (QED) is 0.887. The van der Waals surface area contributed by atoms with Gasteiger partial charge < -0.3 is 15.1 Å². The minimum absolute atomic E-state index is 0.262. The molecule has 2 rings (SSSR count). The Labute approximate surface area is 113 Å². The molecule has 2 N–H and O–H groups in total. The van der Waals surface area contributed by atoms with E-state index in [0.29, 0.717) is 10.9 Å². The van der Waals surface area contributed by atoms with Crippen LogP contribution in [0.5, 0.6) is 0 Å². The van der Waals surface area contributed by atoms with Crippen LogP contribution in [0.4, 0.5) is 5.69 Å². The van der Waals surface area contributed by atoms with Gasteiger partial charge in [0.15, 0.2) is 0 Å². The van der Waals surface area contributed by atoms with E-state index in [1.165, 1.54) is 0 Å². The molecule has 1 heterocycles. The highest BCUT2D eigenvalue weighted by molar-refractivity contribution is 6.31. The van der Waals surface area contributed by atoms with E-state index in [0.717, 1.165) is 30.8 Å². The van der Waals surface area contributed by atoms with E-state index in [1.54, 1.807) is 6.92 Å². The molecule has 0 amide bonds. The number of aliphatic hydroxyl groups excluding tert-OH is 2. The Hall–Kier alpha value is -0.770. The summed E-state index contributed by atoms with van der Waals surface area (Å²) in [6, 6.07) is 5.75. The van der Waals surface area contributed by atoms with Crippen molar-refractivity contribution in [1.82, 2.24) is 0 Å². The molecule has 0 aromatic heterocycles. The predicted octanol–water partition coefficient (Wildman–Crippen LogP) is 2.60. The molecular formula is C14H20ClNO2. The summed E-state index contributed by atoms with van der Waals surface area (Å²) in [7, 11) is 0. The lowest BCUT2D eigenvalue weighted by atomic mass is 10.0. The van der Waals surface area contributed by atoms with Crippen LogP contribution in [0, 0.1) is 5.92 Å². The summed E-state index contributed by atoms with van der Waals surface area (Å²) in [6.45, 7) is 5.36. The van der Waals surface area contributed by atoms with Crippen LogP contribution in [0.15, 0.2) is 18.2 Å². The summed E-state index contributed by atoms with van der Waals surface area (Å²) in [5.41, 5.74) is 1.82. The van der Waals surface area contributed by atoms with Crippen molar-refractivity contribution < 1.29 is 10.2 Å². The van der Waals surface area contributed by atoms with Crippen LogP contribution in [0.25, 0.3) is 0 Å². The van der Waals surface area contributed by atoms with Gasteiger partial charge in [-0.15, -0.1) is 0 Å². The normalized spacial score (nSPS) is 23.2. The van der Waals surface area contributed by atoms with Crippen molar-refractivity contribution in [3.05, 3.63) is 28.8 Å². The third-order valence-corrected chi connectivity index (χ3v) is 4.03. The van der Waals surface area contributed by atoms with E-state index in [4.69, 9.17) is 11.6 Å². The molecule has 1 saturated heterocycles. The smallest absolute Gasteiger partial charge is 0.0776 e. The van der Waals surface area contributed by atoms with Crippen LogP contribution in [0.2, 0.25) is 5.02 Å². The van der Waals surface area contributed by atoms with Crippen molar-refractivity contribution >= 4 is 17.3 Å². The third kappa shape index (κ3) is 2.79. The maximum atomic E-state index is 9.60. The Morgan fingerprint density at radius 2 is 2.06 bits per heavy atom. The average Bonchev–Trinajstić information content (AvgIpc) is 2.77. The van der Waals surface area contributed by atoms with Gasteiger partial charge in [-0.3, -0.25) is 0 Å². The molecule has 3 nitrogen and oxygen atoms in total. The molecule has 1 aliphatic heterocycles. The highest BCUT2D eigenvalue weighted by atomic mass is 35.5. The predicted molar refractivity (Wildman–Crippen MR) is 74.1 cm³/mol. The van der Waals surface area contributed by atoms with Gasteiger partial charge in [-0.25, -0.2) is 0 Å². The lowest BCUT2D eigenvalue weighted by Crippen LogP contribution is -2.23. The Kier molecular flexibility index (Phi) is 4.15. The van der Waals surface area contributed by atoms with Gasteiger partial charge in [-0.05, 0) is 38.0 Å². The van der Waals surface area contributed by atoms with Gasteiger partial charge in [0.25, 0.3) is 0 Å². The molecule has 3 atom stereocenters. The maximum Gasteiger partial charge on any atom is 0.0776 e. The second-order valence-corrected chi connectivity index (χ2v) is 5.52. The van der Waals surface area contributed by atoms with Crippen molar-refractivity contribution in [3.8, 4) is 0 Å². The number of hydrogen-bond donors (Lipinski definition) is 2. The minimum Gasteiger partial charge on any atom is -0.393 e. The van der Waals surface area contributed by atoms with Gasteiger partial charge in [0, 0.05) is 29.7 Å². The van der Waals surface area contributed by atoms with Crippen molar-refractivity contribution in [2.45, 2.75) is 32.5 Å². The molecule has 4 heteroatoms. The average molecular weight is 270 g/mol. The summed E-state index contributed by atoms with van der Waals surface area (Å²) in [4.78, 5) is 2.23. The molecule has 0 bridgehead atoms. The van der Waals surface area contributed by atoms with Crippen LogP contribution in [0.1, 0.15) is 31.9 Å². The fourth-order valence-electron chi connectivity index (χ4n) is 2.47. The second-order valence-electron chi connectivity index (χ2n) is 5.12. The van der Waals surface area contributed by atoms with Crippen molar-refractivity contribution in [2.75, 3.05) is 18.0 Å². The van der Waals surface area contributed by atoms with Gasteiger partial charge in [0.05, 0.1) is 12.2 Å². The monoisotopic (exact) mass is 269 g/mol. The zero-order valence-electron chi connectivity index (χ0n) is 10.8.